The zero-order valence-corrected chi connectivity index (χ0v) is 17.7. The number of aliphatic imine (C=N–C) groups is 2. The molecule has 1 unspecified atom stereocenters. The van der Waals surface area contributed by atoms with Crippen LogP contribution < -0.4 is 5.43 Å². The molecular formula is C22H23F2N6O2+. The summed E-state index contributed by atoms with van der Waals surface area (Å²) in [5.74, 6) is 0.495. The fourth-order valence-corrected chi connectivity index (χ4v) is 3.32. The molecule has 0 amide bonds. The van der Waals surface area contributed by atoms with Crippen LogP contribution in [-0.2, 0) is 11.2 Å². The molecule has 166 valence electrons. The van der Waals surface area contributed by atoms with E-state index in [1.54, 1.807) is 17.1 Å². The maximum atomic E-state index is 12.4. The summed E-state index contributed by atoms with van der Waals surface area (Å²) in [5, 5.41) is 8.86. The molecule has 0 saturated carbocycles. The van der Waals surface area contributed by atoms with E-state index in [0.29, 0.717) is 22.5 Å². The highest BCUT2D eigenvalue weighted by Crippen LogP contribution is 2.16. The maximum Gasteiger partial charge on any atom is 0.261 e. The standard InChI is InChI=1S/C22H23F2N6O2/c1-30(2)13-17(10-27-30)29-7-6-20(31)19(28-29)9-15-4-3-5-16(8-15)22-25-11-18(12-26-22)32-14-21(23)24/h3-8,10-11,13,18,21H,9,12,14H2,1-2H3/q+1. The largest absolute Gasteiger partial charge is 0.365 e. The molecule has 1 aromatic heterocycles. The third-order valence-corrected chi connectivity index (χ3v) is 4.86. The van der Waals surface area contributed by atoms with Gasteiger partial charge in [-0.3, -0.25) is 9.79 Å². The number of aromatic nitrogens is 2. The lowest BCUT2D eigenvalue weighted by atomic mass is 10.1. The van der Waals surface area contributed by atoms with Gasteiger partial charge in [0.2, 0.25) is 5.43 Å². The molecule has 2 aromatic rings. The number of nitrogens with zero attached hydrogens (tertiary/aromatic N) is 6. The molecule has 3 heterocycles. The van der Waals surface area contributed by atoms with Crippen LogP contribution in [-0.4, -0.2) is 72.4 Å². The zero-order valence-electron chi connectivity index (χ0n) is 17.7. The van der Waals surface area contributed by atoms with E-state index in [0.717, 1.165) is 16.8 Å². The Hall–Kier alpha value is -3.37. The van der Waals surface area contributed by atoms with Crippen molar-refractivity contribution in [3.8, 4) is 0 Å². The van der Waals surface area contributed by atoms with Gasteiger partial charge in [0, 0.05) is 30.5 Å². The number of benzene rings is 1. The number of hydrogen-bond acceptors (Lipinski definition) is 6. The highest BCUT2D eigenvalue weighted by Gasteiger charge is 2.20. The van der Waals surface area contributed by atoms with Crippen LogP contribution in [0.2, 0.25) is 0 Å². The monoisotopic (exact) mass is 441 g/mol. The van der Waals surface area contributed by atoms with Crippen molar-refractivity contribution in [2.75, 3.05) is 27.2 Å². The second kappa shape index (κ2) is 9.01. The predicted octanol–water partition coefficient (Wildman–Crippen LogP) is 2.19. The van der Waals surface area contributed by atoms with Crippen molar-refractivity contribution in [2.24, 2.45) is 15.1 Å². The lowest BCUT2D eigenvalue weighted by molar-refractivity contribution is -0.842. The van der Waals surface area contributed by atoms with E-state index >= 15 is 0 Å². The first-order chi connectivity index (χ1) is 15.3. The number of allylic oxidation sites excluding steroid dienone is 1. The molecule has 1 atom stereocenters. The quantitative estimate of drug-likeness (QED) is 0.618. The maximum absolute atomic E-state index is 12.4. The molecule has 8 nitrogen and oxygen atoms in total. The van der Waals surface area contributed by atoms with Gasteiger partial charge in [0.25, 0.3) is 6.43 Å². The first-order valence-electron chi connectivity index (χ1n) is 10.1. The summed E-state index contributed by atoms with van der Waals surface area (Å²) in [7, 11) is 3.87. The van der Waals surface area contributed by atoms with Crippen molar-refractivity contribution in [3.05, 3.63) is 69.8 Å². The van der Waals surface area contributed by atoms with E-state index in [1.165, 1.54) is 12.3 Å². The fourth-order valence-electron chi connectivity index (χ4n) is 3.32. The highest BCUT2D eigenvalue weighted by atomic mass is 19.3. The average Bonchev–Trinajstić information content (AvgIpc) is 3.14. The Labute approximate surface area is 183 Å². The minimum absolute atomic E-state index is 0.150. The molecule has 1 aromatic carbocycles. The number of alkyl halides is 2. The Morgan fingerprint density at radius 3 is 2.81 bits per heavy atom. The van der Waals surface area contributed by atoms with E-state index in [4.69, 9.17) is 4.74 Å². The second-order valence-corrected chi connectivity index (χ2v) is 7.93. The first-order valence-corrected chi connectivity index (χ1v) is 10.1. The van der Waals surface area contributed by atoms with Crippen LogP contribution in [0.3, 0.4) is 0 Å². The van der Waals surface area contributed by atoms with E-state index in [1.807, 2.05) is 44.6 Å². The van der Waals surface area contributed by atoms with Crippen LogP contribution in [0.15, 0.2) is 62.6 Å². The van der Waals surface area contributed by atoms with Crippen molar-refractivity contribution in [2.45, 2.75) is 19.0 Å². The van der Waals surface area contributed by atoms with E-state index in [2.05, 4.69) is 20.2 Å². The first kappa shape index (κ1) is 21.8. The lowest BCUT2D eigenvalue weighted by Gasteiger charge is -2.16. The summed E-state index contributed by atoms with van der Waals surface area (Å²) in [4.78, 5) is 21.0. The van der Waals surface area contributed by atoms with Crippen LogP contribution in [0.25, 0.3) is 5.70 Å². The molecule has 0 spiro atoms. The van der Waals surface area contributed by atoms with Crippen LogP contribution >= 0.6 is 0 Å². The Kier molecular flexibility index (Phi) is 6.15. The summed E-state index contributed by atoms with van der Waals surface area (Å²) < 4.78 is 31.6. The van der Waals surface area contributed by atoms with E-state index < -0.39 is 19.1 Å². The second-order valence-electron chi connectivity index (χ2n) is 7.93. The van der Waals surface area contributed by atoms with Gasteiger partial charge in [0.05, 0.1) is 20.6 Å². The molecule has 2 aliphatic rings. The van der Waals surface area contributed by atoms with E-state index in [9.17, 15) is 13.6 Å². The summed E-state index contributed by atoms with van der Waals surface area (Å²) in [6.07, 6.45) is 4.03. The SMILES string of the molecule is C[N+]1(C)C=C(n2ccc(=O)c(Cc3cccc(C4=NCC(OCC(F)F)C=N4)c3)n2)C=N1. The molecule has 4 rings (SSSR count). The molecule has 10 heteroatoms. The summed E-state index contributed by atoms with van der Waals surface area (Å²) in [6.45, 7) is -0.413. The molecule has 0 bridgehead atoms. The van der Waals surface area contributed by atoms with Crippen molar-refractivity contribution >= 4 is 24.0 Å². The van der Waals surface area contributed by atoms with Crippen LogP contribution in [0, 0.1) is 0 Å². The van der Waals surface area contributed by atoms with Crippen LogP contribution in [0.4, 0.5) is 8.78 Å². The van der Waals surface area contributed by atoms with Gasteiger partial charge in [-0.15, -0.1) is 0 Å². The molecule has 0 N–H and O–H groups in total. The van der Waals surface area contributed by atoms with Crippen molar-refractivity contribution < 1.29 is 18.1 Å². The molecule has 0 fully saturated rings. The number of amidine groups is 1. The Morgan fingerprint density at radius 1 is 1.28 bits per heavy atom. The van der Waals surface area contributed by atoms with Gasteiger partial charge in [-0.25, -0.2) is 18.5 Å². The van der Waals surface area contributed by atoms with Gasteiger partial charge in [-0.1, -0.05) is 23.3 Å². The molecule has 32 heavy (non-hydrogen) atoms. The minimum Gasteiger partial charge on any atom is -0.365 e. The average molecular weight is 441 g/mol. The van der Waals surface area contributed by atoms with Crippen molar-refractivity contribution in [1.29, 1.82) is 0 Å². The number of ether oxygens (including phenoxy) is 1. The predicted molar refractivity (Wildman–Crippen MR) is 118 cm³/mol. The Morgan fingerprint density at radius 2 is 2.12 bits per heavy atom. The number of halogens is 2. The minimum atomic E-state index is -2.52. The number of quaternary nitrogens is 1. The number of hydrogen-bond donors (Lipinski definition) is 0. The van der Waals surface area contributed by atoms with Gasteiger partial charge >= 0.3 is 0 Å². The van der Waals surface area contributed by atoms with Crippen LogP contribution in [0.1, 0.15) is 16.8 Å². The van der Waals surface area contributed by atoms with Gasteiger partial charge < -0.3 is 4.74 Å². The van der Waals surface area contributed by atoms with Gasteiger partial charge in [-0.2, -0.15) is 9.69 Å². The molecule has 2 aliphatic heterocycles. The van der Waals surface area contributed by atoms with Crippen molar-refractivity contribution in [3.63, 3.8) is 0 Å². The molecule has 0 aliphatic carbocycles. The molecule has 0 saturated heterocycles. The highest BCUT2D eigenvalue weighted by molar-refractivity contribution is 6.04. The normalized spacial score (nSPS) is 19.3. The Bertz CT molecular complexity index is 1180. The smallest absolute Gasteiger partial charge is 0.261 e. The van der Waals surface area contributed by atoms with Gasteiger partial charge in [0.15, 0.2) is 5.84 Å². The zero-order chi connectivity index (χ0) is 22.7. The van der Waals surface area contributed by atoms with Crippen molar-refractivity contribution in [1.82, 2.24) is 9.78 Å². The summed E-state index contributed by atoms with van der Waals surface area (Å²) >= 11 is 0. The van der Waals surface area contributed by atoms with Gasteiger partial charge in [-0.05, 0) is 11.6 Å². The van der Waals surface area contributed by atoms with Gasteiger partial charge in [0.1, 0.15) is 36.5 Å². The lowest BCUT2D eigenvalue weighted by Crippen LogP contribution is -2.26. The molecular weight excluding hydrogens is 418 g/mol. The fraction of sp³-hybridized carbons (Fsp3) is 0.318. The number of rotatable bonds is 7. The molecule has 0 radical (unpaired) electrons. The Balaban J connectivity index is 1.50. The topological polar surface area (TPSA) is 81.2 Å². The van der Waals surface area contributed by atoms with Crippen LogP contribution in [0.5, 0.6) is 0 Å². The summed E-state index contributed by atoms with van der Waals surface area (Å²) in [6, 6.07) is 9.01. The van der Waals surface area contributed by atoms with E-state index in [-0.39, 0.29) is 12.0 Å². The third-order valence-electron chi connectivity index (χ3n) is 4.86. The third kappa shape index (κ3) is 5.27. The summed E-state index contributed by atoms with van der Waals surface area (Å²) in [5.41, 5.74) is 2.70.